The Balaban J connectivity index is 1.47. The highest BCUT2D eigenvalue weighted by Crippen LogP contribution is 2.26. The summed E-state index contributed by atoms with van der Waals surface area (Å²) in [4.78, 5) is 2.41. The van der Waals surface area contributed by atoms with Crippen molar-refractivity contribution in [1.29, 1.82) is 0 Å². The van der Waals surface area contributed by atoms with Crippen LogP contribution in [0.5, 0.6) is 0 Å². The standard InChI is InChI=1S/C27H33N3O4S2/c1-4-29(21-24-10-6-5-7-11-24)35(31,32)25-13-15-26(16-14-25)36(33,34)30-19-17-28(18-20-30)27-12-8-9-22(2)23(27)3/h5-16H,4,17-21H2,1-3H3. The van der Waals surface area contributed by atoms with Crippen LogP contribution in [0.2, 0.25) is 0 Å². The van der Waals surface area contributed by atoms with Gasteiger partial charge in [-0.05, 0) is 60.9 Å². The summed E-state index contributed by atoms with van der Waals surface area (Å²) in [6, 6.07) is 21.1. The summed E-state index contributed by atoms with van der Waals surface area (Å²) in [6.45, 7) is 8.45. The van der Waals surface area contributed by atoms with Crippen LogP contribution in [0.1, 0.15) is 23.6 Å². The predicted molar refractivity (Wildman–Crippen MR) is 143 cm³/mol. The van der Waals surface area contributed by atoms with Gasteiger partial charge in [-0.25, -0.2) is 16.8 Å². The van der Waals surface area contributed by atoms with E-state index < -0.39 is 20.0 Å². The number of anilines is 1. The van der Waals surface area contributed by atoms with Gasteiger partial charge in [0.15, 0.2) is 0 Å². The third kappa shape index (κ3) is 5.34. The minimum atomic E-state index is -3.76. The predicted octanol–water partition coefficient (Wildman–Crippen LogP) is 4.03. The molecule has 3 aromatic rings. The molecule has 3 aromatic carbocycles. The fraction of sp³-hybridized carbons (Fsp3) is 0.333. The average Bonchev–Trinajstić information content (AvgIpc) is 2.89. The van der Waals surface area contributed by atoms with Crippen molar-refractivity contribution in [2.45, 2.75) is 37.1 Å². The van der Waals surface area contributed by atoms with Gasteiger partial charge in [-0.1, -0.05) is 49.4 Å². The second-order valence-corrected chi connectivity index (χ2v) is 12.9. The molecule has 1 aliphatic rings. The van der Waals surface area contributed by atoms with Crippen molar-refractivity contribution in [2.75, 3.05) is 37.6 Å². The van der Waals surface area contributed by atoms with Crippen LogP contribution >= 0.6 is 0 Å². The van der Waals surface area contributed by atoms with Crippen molar-refractivity contribution < 1.29 is 16.8 Å². The van der Waals surface area contributed by atoms with Crippen molar-refractivity contribution >= 4 is 25.7 Å². The molecule has 0 spiro atoms. The molecule has 0 saturated carbocycles. The van der Waals surface area contributed by atoms with E-state index in [0.717, 1.165) is 11.3 Å². The van der Waals surface area contributed by atoms with Crippen molar-refractivity contribution in [1.82, 2.24) is 8.61 Å². The summed E-state index contributed by atoms with van der Waals surface area (Å²) in [5.41, 5.74) is 4.45. The molecule has 0 atom stereocenters. The third-order valence-electron chi connectivity index (χ3n) is 6.81. The number of piperazine rings is 1. The average molecular weight is 528 g/mol. The monoisotopic (exact) mass is 527 g/mol. The molecule has 0 radical (unpaired) electrons. The van der Waals surface area contributed by atoms with Gasteiger partial charge in [0.05, 0.1) is 9.79 Å². The maximum Gasteiger partial charge on any atom is 0.243 e. The Morgan fingerprint density at radius 2 is 1.36 bits per heavy atom. The molecule has 36 heavy (non-hydrogen) atoms. The number of sulfonamides is 2. The summed E-state index contributed by atoms with van der Waals surface area (Å²) in [5.74, 6) is 0. The van der Waals surface area contributed by atoms with E-state index in [9.17, 15) is 16.8 Å². The fourth-order valence-corrected chi connectivity index (χ4v) is 7.34. The van der Waals surface area contributed by atoms with Gasteiger partial charge in [0, 0.05) is 45.0 Å². The zero-order valence-electron chi connectivity index (χ0n) is 21.0. The minimum absolute atomic E-state index is 0.0824. The van der Waals surface area contributed by atoms with Crippen molar-refractivity contribution in [2.24, 2.45) is 0 Å². The molecular weight excluding hydrogens is 494 g/mol. The van der Waals surface area contributed by atoms with Gasteiger partial charge in [-0.15, -0.1) is 0 Å². The van der Waals surface area contributed by atoms with Crippen LogP contribution in [-0.2, 0) is 26.6 Å². The number of aryl methyl sites for hydroxylation is 1. The summed E-state index contributed by atoms with van der Waals surface area (Å²) < 4.78 is 55.9. The van der Waals surface area contributed by atoms with Crippen LogP contribution in [-0.4, -0.2) is 58.2 Å². The lowest BCUT2D eigenvalue weighted by atomic mass is 10.1. The first kappa shape index (κ1) is 26.3. The summed E-state index contributed by atoms with van der Waals surface area (Å²) in [6.07, 6.45) is 0. The van der Waals surface area contributed by atoms with Crippen LogP contribution in [0.25, 0.3) is 0 Å². The van der Waals surface area contributed by atoms with Crippen LogP contribution in [0.4, 0.5) is 5.69 Å². The number of benzene rings is 3. The molecule has 0 amide bonds. The molecule has 1 saturated heterocycles. The Labute approximate surface area is 215 Å². The highest BCUT2D eigenvalue weighted by molar-refractivity contribution is 7.89. The lowest BCUT2D eigenvalue weighted by Gasteiger charge is -2.36. The van der Waals surface area contributed by atoms with Crippen LogP contribution in [0.3, 0.4) is 0 Å². The third-order valence-corrected chi connectivity index (χ3v) is 10.7. The lowest BCUT2D eigenvalue weighted by Crippen LogP contribution is -2.48. The van der Waals surface area contributed by atoms with E-state index in [1.807, 2.05) is 36.4 Å². The summed E-state index contributed by atoms with van der Waals surface area (Å²) in [5, 5.41) is 0. The van der Waals surface area contributed by atoms with Gasteiger partial charge in [-0.2, -0.15) is 8.61 Å². The van der Waals surface area contributed by atoms with E-state index in [4.69, 9.17) is 0 Å². The van der Waals surface area contributed by atoms with Gasteiger partial charge in [0.1, 0.15) is 0 Å². The first-order valence-electron chi connectivity index (χ1n) is 12.1. The van der Waals surface area contributed by atoms with Gasteiger partial charge in [0.2, 0.25) is 20.0 Å². The first-order chi connectivity index (χ1) is 17.1. The van der Waals surface area contributed by atoms with Gasteiger partial charge < -0.3 is 4.90 Å². The Bertz CT molecular complexity index is 1400. The van der Waals surface area contributed by atoms with Crippen molar-refractivity contribution in [3.63, 3.8) is 0 Å². The molecule has 9 heteroatoms. The van der Waals surface area contributed by atoms with Gasteiger partial charge in [0.25, 0.3) is 0 Å². The molecule has 1 aliphatic heterocycles. The highest BCUT2D eigenvalue weighted by Gasteiger charge is 2.30. The number of hydrogen-bond donors (Lipinski definition) is 0. The van der Waals surface area contributed by atoms with E-state index in [1.165, 1.54) is 44.0 Å². The summed E-state index contributed by atoms with van der Waals surface area (Å²) in [7, 11) is -7.49. The molecule has 0 aromatic heterocycles. The summed E-state index contributed by atoms with van der Waals surface area (Å²) >= 11 is 0. The van der Waals surface area contributed by atoms with Gasteiger partial charge >= 0.3 is 0 Å². The maximum absolute atomic E-state index is 13.3. The van der Waals surface area contributed by atoms with Gasteiger partial charge in [-0.3, -0.25) is 0 Å². The van der Waals surface area contributed by atoms with Crippen molar-refractivity contribution in [3.05, 3.63) is 89.5 Å². The quantitative estimate of drug-likeness (QED) is 0.442. The topological polar surface area (TPSA) is 78.0 Å². The normalized spacial score (nSPS) is 15.4. The Morgan fingerprint density at radius 1 is 0.750 bits per heavy atom. The maximum atomic E-state index is 13.3. The molecule has 1 fully saturated rings. The first-order valence-corrected chi connectivity index (χ1v) is 15.0. The SMILES string of the molecule is CCN(Cc1ccccc1)S(=O)(=O)c1ccc(S(=O)(=O)N2CCN(c3cccc(C)c3C)CC2)cc1. The number of nitrogens with zero attached hydrogens (tertiary/aromatic N) is 3. The Morgan fingerprint density at radius 3 is 1.97 bits per heavy atom. The van der Waals surface area contributed by atoms with Crippen molar-refractivity contribution in [3.8, 4) is 0 Å². The number of hydrogen-bond acceptors (Lipinski definition) is 5. The minimum Gasteiger partial charge on any atom is -0.369 e. The molecule has 0 aliphatic carbocycles. The van der Waals surface area contributed by atoms with Crippen LogP contribution < -0.4 is 4.90 Å². The molecule has 1 heterocycles. The smallest absolute Gasteiger partial charge is 0.243 e. The van der Waals surface area contributed by atoms with Crippen LogP contribution in [0.15, 0.2) is 82.6 Å². The van der Waals surface area contributed by atoms with E-state index in [-0.39, 0.29) is 16.3 Å². The molecule has 0 N–H and O–H groups in total. The number of rotatable bonds is 8. The molecule has 0 bridgehead atoms. The fourth-order valence-electron chi connectivity index (χ4n) is 4.48. The molecule has 0 unspecified atom stereocenters. The Hall–Kier alpha value is -2.72. The zero-order chi connectivity index (χ0) is 25.9. The van der Waals surface area contributed by atoms with E-state index in [2.05, 4.69) is 30.9 Å². The van der Waals surface area contributed by atoms with E-state index >= 15 is 0 Å². The molecular formula is C27H33N3O4S2. The second-order valence-electron chi connectivity index (χ2n) is 9.00. The largest absolute Gasteiger partial charge is 0.369 e. The zero-order valence-corrected chi connectivity index (χ0v) is 22.6. The molecule has 7 nitrogen and oxygen atoms in total. The Kier molecular flexibility index (Phi) is 7.85. The molecule has 4 rings (SSSR count). The second kappa shape index (κ2) is 10.7. The molecule has 192 valence electrons. The van der Waals surface area contributed by atoms with E-state index in [1.54, 1.807) is 6.92 Å². The highest BCUT2D eigenvalue weighted by atomic mass is 32.2. The van der Waals surface area contributed by atoms with E-state index in [0.29, 0.717) is 32.7 Å². The van der Waals surface area contributed by atoms with Crippen LogP contribution in [0, 0.1) is 13.8 Å². The lowest BCUT2D eigenvalue weighted by molar-refractivity contribution is 0.384.